The maximum absolute atomic E-state index is 13.1. The highest BCUT2D eigenvalue weighted by atomic mass is 35.5. The maximum Gasteiger partial charge on any atom is 0.326 e. The van der Waals surface area contributed by atoms with Gasteiger partial charge in [0.05, 0.1) is 16.8 Å². The number of amides is 2. The molecular formula is C12H12ClFN2O4. The molecule has 0 spiro atoms. The number of hydrogen-bond donors (Lipinski definition) is 3. The van der Waals surface area contributed by atoms with E-state index in [1.807, 2.05) is 0 Å². The van der Waals surface area contributed by atoms with Crippen LogP contribution in [0.15, 0.2) is 18.2 Å². The Kier molecular flexibility index (Phi) is 4.10. The van der Waals surface area contributed by atoms with Crippen molar-refractivity contribution in [1.29, 1.82) is 0 Å². The topological polar surface area (TPSA) is 89.9 Å². The van der Waals surface area contributed by atoms with Crippen LogP contribution in [0, 0.1) is 5.82 Å². The number of aliphatic hydroxyl groups excluding tert-OH is 1. The molecule has 108 valence electrons. The van der Waals surface area contributed by atoms with Crippen molar-refractivity contribution in [2.45, 2.75) is 18.6 Å². The minimum atomic E-state index is -1.21. The Balaban J connectivity index is 2.15. The molecule has 20 heavy (non-hydrogen) atoms. The number of carboxylic acid groups (broad SMARTS) is 1. The fourth-order valence-corrected chi connectivity index (χ4v) is 2.22. The van der Waals surface area contributed by atoms with Crippen LogP contribution in [0.25, 0.3) is 0 Å². The van der Waals surface area contributed by atoms with Gasteiger partial charge in [0.15, 0.2) is 0 Å². The third kappa shape index (κ3) is 3.00. The van der Waals surface area contributed by atoms with Gasteiger partial charge in [-0.2, -0.15) is 0 Å². The van der Waals surface area contributed by atoms with Crippen LogP contribution in [-0.2, 0) is 4.79 Å². The first kappa shape index (κ1) is 14.5. The van der Waals surface area contributed by atoms with E-state index in [2.05, 4.69) is 5.32 Å². The molecule has 0 bridgehead atoms. The summed E-state index contributed by atoms with van der Waals surface area (Å²) in [5, 5.41) is 20.9. The van der Waals surface area contributed by atoms with Gasteiger partial charge in [-0.15, -0.1) is 0 Å². The summed E-state index contributed by atoms with van der Waals surface area (Å²) in [5.41, 5.74) is 0.0437. The Morgan fingerprint density at radius 2 is 2.15 bits per heavy atom. The lowest BCUT2D eigenvalue weighted by molar-refractivity contribution is -0.141. The van der Waals surface area contributed by atoms with E-state index in [1.54, 1.807) is 0 Å². The molecule has 0 aromatic heterocycles. The number of anilines is 1. The zero-order valence-corrected chi connectivity index (χ0v) is 11.0. The highest BCUT2D eigenvalue weighted by molar-refractivity contribution is 6.33. The second kappa shape index (κ2) is 5.64. The predicted octanol–water partition coefficient (Wildman–Crippen LogP) is 1.53. The summed E-state index contributed by atoms with van der Waals surface area (Å²) in [7, 11) is 0. The van der Waals surface area contributed by atoms with Gasteiger partial charge in [0, 0.05) is 13.0 Å². The highest BCUT2D eigenvalue weighted by Gasteiger charge is 2.39. The Hall–Kier alpha value is -1.86. The van der Waals surface area contributed by atoms with E-state index in [9.17, 15) is 19.1 Å². The molecule has 1 heterocycles. The minimum Gasteiger partial charge on any atom is -0.480 e. The number of nitrogens with zero attached hydrogens (tertiary/aromatic N) is 1. The number of carbonyl (C=O) groups is 2. The Morgan fingerprint density at radius 3 is 2.80 bits per heavy atom. The van der Waals surface area contributed by atoms with Gasteiger partial charge in [0.2, 0.25) is 0 Å². The van der Waals surface area contributed by atoms with E-state index in [-0.39, 0.29) is 23.7 Å². The lowest BCUT2D eigenvalue weighted by Gasteiger charge is -2.21. The maximum atomic E-state index is 13.1. The normalized spacial score (nSPS) is 21.9. The van der Waals surface area contributed by atoms with Crippen LogP contribution in [0.3, 0.4) is 0 Å². The molecule has 1 aliphatic heterocycles. The molecule has 6 nitrogen and oxygen atoms in total. The van der Waals surface area contributed by atoms with E-state index in [0.29, 0.717) is 0 Å². The number of aliphatic hydroxyl groups is 1. The second-order valence-electron chi connectivity index (χ2n) is 4.45. The van der Waals surface area contributed by atoms with E-state index in [4.69, 9.17) is 16.7 Å². The molecule has 2 unspecified atom stereocenters. The molecule has 1 fully saturated rings. The highest BCUT2D eigenvalue weighted by Crippen LogP contribution is 2.25. The molecule has 2 atom stereocenters. The Morgan fingerprint density at radius 1 is 1.45 bits per heavy atom. The molecule has 1 aromatic carbocycles. The summed E-state index contributed by atoms with van der Waals surface area (Å²) < 4.78 is 13.1. The number of halogens is 2. The average Bonchev–Trinajstić information content (AvgIpc) is 2.76. The van der Waals surface area contributed by atoms with Gasteiger partial charge in [-0.25, -0.2) is 14.0 Å². The van der Waals surface area contributed by atoms with E-state index in [1.165, 1.54) is 6.07 Å². The Bertz CT molecular complexity index is 554. The van der Waals surface area contributed by atoms with Crippen molar-refractivity contribution in [3.8, 4) is 0 Å². The van der Waals surface area contributed by atoms with Crippen molar-refractivity contribution in [3.05, 3.63) is 29.0 Å². The number of carbonyl (C=O) groups excluding carboxylic acids is 1. The summed E-state index contributed by atoms with van der Waals surface area (Å²) in [6.45, 7) is -0.101. The molecule has 0 saturated carbocycles. The number of likely N-dealkylation sites (tertiary alicyclic amines) is 1. The standard InChI is InChI=1S/C12H12ClFN2O4/c13-8-2-1-6(14)3-9(8)15-12(20)16-5-7(17)4-10(16)11(18)19/h1-3,7,10,17H,4-5H2,(H,15,20)(H,18,19). The molecule has 8 heteroatoms. The summed E-state index contributed by atoms with van der Waals surface area (Å²) in [6.07, 6.45) is -0.940. The molecule has 2 amide bonds. The fraction of sp³-hybridized carbons (Fsp3) is 0.333. The molecular weight excluding hydrogens is 291 g/mol. The van der Waals surface area contributed by atoms with E-state index in [0.717, 1.165) is 17.0 Å². The molecule has 1 aromatic rings. The number of β-amino-alcohol motifs (C(OH)–C–C–N with tert-alkyl or cyclic N) is 1. The van der Waals surface area contributed by atoms with Crippen LogP contribution < -0.4 is 5.32 Å². The summed E-state index contributed by atoms with van der Waals surface area (Å²) >= 11 is 5.81. The average molecular weight is 303 g/mol. The Labute approximate surface area is 118 Å². The van der Waals surface area contributed by atoms with Crippen LogP contribution in [-0.4, -0.2) is 45.8 Å². The number of benzene rings is 1. The summed E-state index contributed by atoms with van der Waals surface area (Å²) in [4.78, 5) is 24.0. The van der Waals surface area contributed by atoms with Crippen molar-refractivity contribution in [1.82, 2.24) is 4.90 Å². The fourth-order valence-electron chi connectivity index (χ4n) is 2.05. The third-order valence-corrected chi connectivity index (χ3v) is 3.32. The zero-order valence-electron chi connectivity index (χ0n) is 10.2. The van der Waals surface area contributed by atoms with Crippen molar-refractivity contribution in [2.75, 3.05) is 11.9 Å². The van der Waals surface area contributed by atoms with Gasteiger partial charge in [-0.3, -0.25) is 0 Å². The number of carboxylic acids is 1. The van der Waals surface area contributed by atoms with Gasteiger partial charge >= 0.3 is 12.0 Å². The van der Waals surface area contributed by atoms with Crippen LogP contribution in [0.1, 0.15) is 6.42 Å². The number of rotatable bonds is 2. The number of nitrogens with one attached hydrogen (secondary N) is 1. The lowest BCUT2D eigenvalue weighted by Crippen LogP contribution is -2.43. The second-order valence-corrected chi connectivity index (χ2v) is 4.86. The van der Waals surface area contributed by atoms with Crippen molar-refractivity contribution in [2.24, 2.45) is 0 Å². The van der Waals surface area contributed by atoms with Crippen LogP contribution in [0.4, 0.5) is 14.9 Å². The number of urea groups is 1. The van der Waals surface area contributed by atoms with E-state index < -0.39 is 30.0 Å². The predicted molar refractivity (Wildman–Crippen MR) is 69.2 cm³/mol. The largest absolute Gasteiger partial charge is 0.480 e. The zero-order chi connectivity index (χ0) is 14.9. The van der Waals surface area contributed by atoms with E-state index >= 15 is 0 Å². The van der Waals surface area contributed by atoms with Gasteiger partial charge in [0.1, 0.15) is 11.9 Å². The van der Waals surface area contributed by atoms with Gasteiger partial charge < -0.3 is 20.4 Å². The molecule has 0 radical (unpaired) electrons. The quantitative estimate of drug-likeness (QED) is 0.773. The lowest BCUT2D eigenvalue weighted by atomic mass is 10.2. The first-order valence-corrected chi connectivity index (χ1v) is 6.20. The number of aliphatic carboxylic acids is 1. The van der Waals surface area contributed by atoms with Crippen molar-refractivity contribution >= 4 is 29.3 Å². The van der Waals surface area contributed by atoms with Gasteiger partial charge in [-0.1, -0.05) is 11.6 Å². The van der Waals surface area contributed by atoms with Crippen molar-refractivity contribution in [3.63, 3.8) is 0 Å². The van der Waals surface area contributed by atoms with Gasteiger partial charge in [0.25, 0.3) is 0 Å². The summed E-state index contributed by atoms with van der Waals surface area (Å²) in [5.74, 6) is -1.79. The minimum absolute atomic E-state index is 0.0420. The van der Waals surface area contributed by atoms with Crippen molar-refractivity contribution < 1.29 is 24.2 Å². The molecule has 3 N–H and O–H groups in total. The van der Waals surface area contributed by atoms with Crippen LogP contribution in [0.2, 0.25) is 5.02 Å². The van der Waals surface area contributed by atoms with Gasteiger partial charge in [-0.05, 0) is 18.2 Å². The van der Waals surface area contributed by atoms with Crippen LogP contribution in [0.5, 0.6) is 0 Å². The molecule has 1 saturated heterocycles. The summed E-state index contributed by atoms with van der Waals surface area (Å²) in [6, 6.07) is 1.58. The SMILES string of the molecule is O=C(O)C1CC(O)CN1C(=O)Nc1cc(F)ccc1Cl. The molecule has 0 aliphatic carbocycles. The molecule has 1 aliphatic rings. The monoisotopic (exact) mass is 302 g/mol. The molecule has 2 rings (SSSR count). The smallest absolute Gasteiger partial charge is 0.326 e. The van der Waals surface area contributed by atoms with Crippen LogP contribution >= 0.6 is 11.6 Å². The number of hydrogen-bond acceptors (Lipinski definition) is 3. The third-order valence-electron chi connectivity index (χ3n) is 2.99. The first-order chi connectivity index (χ1) is 9.38. The first-order valence-electron chi connectivity index (χ1n) is 5.82.